The molecule has 0 unspecified atom stereocenters. The highest BCUT2D eigenvalue weighted by Crippen LogP contribution is 2.35. The monoisotopic (exact) mass is 382 g/mol. The normalized spacial score (nSPS) is 18.2. The van der Waals surface area contributed by atoms with Crippen molar-refractivity contribution < 1.29 is 9.53 Å². The molecule has 6 heteroatoms. The van der Waals surface area contributed by atoms with Crippen LogP contribution in [-0.2, 0) is 22.6 Å². The van der Waals surface area contributed by atoms with Crippen molar-refractivity contribution in [2.45, 2.75) is 59.0 Å². The first-order valence-corrected chi connectivity index (χ1v) is 10.3. The molecule has 2 aromatic rings. The lowest BCUT2D eigenvalue weighted by atomic mass is 9.88. The number of likely N-dealkylation sites (tertiary alicyclic amines) is 1. The maximum absolute atomic E-state index is 12.6. The molecule has 0 saturated carbocycles. The second-order valence-corrected chi connectivity index (χ2v) is 9.11. The molecule has 0 aromatic carbocycles. The van der Waals surface area contributed by atoms with Gasteiger partial charge in [0, 0.05) is 43.6 Å². The molecule has 150 valence electrons. The van der Waals surface area contributed by atoms with Crippen LogP contribution in [0.5, 0.6) is 0 Å². The molecule has 0 bridgehead atoms. The van der Waals surface area contributed by atoms with Crippen LogP contribution in [0.1, 0.15) is 62.9 Å². The fraction of sp³-hybridized carbons (Fsp3) is 0.591. The topological polar surface area (TPSA) is 60.2 Å². The fourth-order valence-electron chi connectivity index (χ4n) is 4.25. The van der Waals surface area contributed by atoms with Crippen LogP contribution in [0.25, 0.3) is 5.82 Å². The number of fused-ring (bicyclic) bond motifs is 1. The Morgan fingerprint density at radius 1 is 1.25 bits per heavy atom. The van der Waals surface area contributed by atoms with Crippen molar-refractivity contribution in [3.05, 3.63) is 41.3 Å². The maximum atomic E-state index is 12.6. The number of piperidine rings is 1. The lowest BCUT2D eigenvalue weighted by molar-refractivity contribution is -0.134. The number of hydrogen-bond acceptors (Lipinski definition) is 4. The van der Waals surface area contributed by atoms with Gasteiger partial charge in [-0.05, 0) is 30.4 Å². The number of hydrogen-bond donors (Lipinski definition) is 0. The number of carbonyl (C=O) groups is 1. The van der Waals surface area contributed by atoms with Crippen LogP contribution in [0.2, 0.25) is 0 Å². The Morgan fingerprint density at radius 3 is 2.71 bits per heavy atom. The molecule has 4 heterocycles. The van der Waals surface area contributed by atoms with Crippen molar-refractivity contribution in [3.8, 4) is 5.82 Å². The van der Waals surface area contributed by atoms with E-state index in [0.29, 0.717) is 18.9 Å². The second kappa shape index (κ2) is 7.66. The van der Waals surface area contributed by atoms with Gasteiger partial charge >= 0.3 is 0 Å². The molecule has 4 rings (SSSR count). The van der Waals surface area contributed by atoms with Gasteiger partial charge in [0.1, 0.15) is 0 Å². The number of rotatable bonds is 3. The molecule has 6 nitrogen and oxygen atoms in total. The first kappa shape index (κ1) is 19.1. The zero-order chi connectivity index (χ0) is 19.7. The number of ether oxygens (including phenoxy) is 1. The first-order valence-electron chi connectivity index (χ1n) is 10.3. The smallest absolute Gasteiger partial charge is 0.223 e. The zero-order valence-electron chi connectivity index (χ0n) is 17.1. The van der Waals surface area contributed by atoms with Crippen LogP contribution in [0.4, 0.5) is 0 Å². The van der Waals surface area contributed by atoms with Crippen molar-refractivity contribution >= 4 is 5.91 Å². The van der Waals surface area contributed by atoms with Gasteiger partial charge in [-0.15, -0.1) is 0 Å². The van der Waals surface area contributed by atoms with E-state index in [0.717, 1.165) is 50.5 Å². The summed E-state index contributed by atoms with van der Waals surface area (Å²) in [7, 11) is 0. The van der Waals surface area contributed by atoms with Gasteiger partial charge in [-0.2, -0.15) is 5.10 Å². The SMILES string of the molecule is CC(C)(C)CC(=O)N1CCC(c2c3c(nn2-c2ccccn2)CCOC3)CC1. The maximum Gasteiger partial charge on any atom is 0.223 e. The van der Waals surface area contributed by atoms with Crippen molar-refractivity contribution in [1.29, 1.82) is 0 Å². The molecule has 0 atom stereocenters. The molecular weight excluding hydrogens is 352 g/mol. The Morgan fingerprint density at radius 2 is 2.04 bits per heavy atom. The molecule has 0 N–H and O–H groups in total. The van der Waals surface area contributed by atoms with Crippen molar-refractivity contribution in [3.63, 3.8) is 0 Å². The summed E-state index contributed by atoms with van der Waals surface area (Å²) in [5, 5.41) is 4.89. The molecule has 28 heavy (non-hydrogen) atoms. The molecule has 1 saturated heterocycles. The third kappa shape index (κ3) is 3.97. The number of pyridine rings is 1. The highest BCUT2D eigenvalue weighted by Gasteiger charge is 2.32. The Bertz CT molecular complexity index is 830. The van der Waals surface area contributed by atoms with Gasteiger partial charge in [-0.3, -0.25) is 4.79 Å². The summed E-state index contributed by atoms with van der Waals surface area (Å²) >= 11 is 0. The molecule has 0 aliphatic carbocycles. The minimum atomic E-state index is 0.0297. The summed E-state index contributed by atoms with van der Waals surface area (Å²) in [4.78, 5) is 19.2. The van der Waals surface area contributed by atoms with Crippen LogP contribution in [0.15, 0.2) is 24.4 Å². The number of amides is 1. The summed E-state index contributed by atoms with van der Waals surface area (Å²) in [6.45, 7) is 9.33. The Kier molecular flexibility index (Phi) is 5.23. The zero-order valence-corrected chi connectivity index (χ0v) is 17.1. The summed E-state index contributed by atoms with van der Waals surface area (Å²) in [6, 6.07) is 5.93. The molecular formula is C22H30N4O2. The van der Waals surface area contributed by atoms with Gasteiger partial charge < -0.3 is 9.64 Å². The van der Waals surface area contributed by atoms with Crippen molar-refractivity contribution in [2.75, 3.05) is 19.7 Å². The lowest BCUT2D eigenvalue weighted by Gasteiger charge is -2.34. The van der Waals surface area contributed by atoms with Crippen LogP contribution in [-0.4, -0.2) is 45.3 Å². The Hall–Kier alpha value is -2.21. The van der Waals surface area contributed by atoms with Crippen LogP contribution >= 0.6 is 0 Å². The number of nitrogens with zero attached hydrogens (tertiary/aromatic N) is 4. The summed E-state index contributed by atoms with van der Waals surface area (Å²) in [6.07, 6.45) is 5.18. The summed E-state index contributed by atoms with van der Waals surface area (Å²) < 4.78 is 7.78. The highest BCUT2D eigenvalue weighted by atomic mass is 16.5. The van der Waals surface area contributed by atoms with E-state index in [2.05, 4.69) is 25.8 Å². The second-order valence-electron chi connectivity index (χ2n) is 9.11. The summed E-state index contributed by atoms with van der Waals surface area (Å²) in [5.74, 6) is 1.51. The molecule has 1 amide bonds. The van der Waals surface area contributed by atoms with E-state index in [-0.39, 0.29) is 11.3 Å². The van der Waals surface area contributed by atoms with Gasteiger partial charge in [-0.25, -0.2) is 9.67 Å². The third-order valence-electron chi connectivity index (χ3n) is 5.62. The highest BCUT2D eigenvalue weighted by molar-refractivity contribution is 5.76. The molecule has 0 radical (unpaired) electrons. The average Bonchev–Trinajstić information content (AvgIpc) is 3.07. The lowest BCUT2D eigenvalue weighted by Crippen LogP contribution is -2.39. The van der Waals surface area contributed by atoms with Gasteiger partial charge in [-0.1, -0.05) is 26.8 Å². The predicted molar refractivity (Wildman–Crippen MR) is 107 cm³/mol. The van der Waals surface area contributed by atoms with Crippen LogP contribution in [0, 0.1) is 5.41 Å². The number of carbonyl (C=O) groups excluding carboxylic acids is 1. The van der Waals surface area contributed by atoms with E-state index in [1.54, 1.807) is 0 Å². The third-order valence-corrected chi connectivity index (χ3v) is 5.62. The molecule has 1 fully saturated rings. The molecule has 2 aliphatic rings. The molecule has 2 aromatic heterocycles. The van der Waals surface area contributed by atoms with E-state index in [4.69, 9.17) is 9.84 Å². The van der Waals surface area contributed by atoms with Crippen LogP contribution in [0.3, 0.4) is 0 Å². The van der Waals surface area contributed by atoms with Gasteiger partial charge in [0.05, 0.1) is 24.6 Å². The van der Waals surface area contributed by atoms with Gasteiger partial charge in [0.2, 0.25) is 5.91 Å². The fourth-order valence-corrected chi connectivity index (χ4v) is 4.25. The van der Waals surface area contributed by atoms with E-state index in [1.807, 2.05) is 34.0 Å². The van der Waals surface area contributed by atoms with E-state index < -0.39 is 0 Å². The summed E-state index contributed by atoms with van der Waals surface area (Å²) in [5.41, 5.74) is 3.63. The quantitative estimate of drug-likeness (QED) is 0.815. The standard InChI is InChI=1S/C22H30N4O2/c1-22(2,3)14-20(27)25-11-7-16(8-12-25)21-17-15-28-13-9-18(17)24-26(21)19-6-4-5-10-23-19/h4-6,10,16H,7-9,11-15H2,1-3H3. The minimum Gasteiger partial charge on any atom is -0.376 e. The van der Waals surface area contributed by atoms with Crippen molar-refractivity contribution in [2.24, 2.45) is 5.41 Å². The molecule has 0 spiro atoms. The predicted octanol–water partition coefficient (Wildman–Crippen LogP) is 3.48. The van der Waals surface area contributed by atoms with Gasteiger partial charge in [0.25, 0.3) is 0 Å². The minimum absolute atomic E-state index is 0.0297. The average molecular weight is 383 g/mol. The largest absolute Gasteiger partial charge is 0.376 e. The van der Waals surface area contributed by atoms with E-state index in [9.17, 15) is 4.79 Å². The first-order chi connectivity index (χ1) is 13.4. The van der Waals surface area contributed by atoms with Crippen LogP contribution < -0.4 is 0 Å². The Labute approximate surface area is 166 Å². The van der Waals surface area contributed by atoms with Crippen molar-refractivity contribution in [1.82, 2.24) is 19.7 Å². The van der Waals surface area contributed by atoms with E-state index >= 15 is 0 Å². The number of aromatic nitrogens is 3. The van der Waals surface area contributed by atoms with E-state index in [1.165, 1.54) is 11.3 Å². The molecule has 2 aliphatic heterocycles. The van der Waals surface area contributed by atoms with Gasteiger partial charge in [0.15, 0.2) is 5.82 Å². The Balaban J connectivity index is 1.57.